The van der Waals surface area contributed by atoms with Gasteiger partial charge in [0.2, 0.25) is 0 Å². The fourth-order valence-corrected chi connectivity index (χ4v) is 1.60. The van der Waals surface area contributed by atoms with E-state index >= 15 is 0 Å². The molecule has 3 nitrogen and oxygen atoms in total. The van der Waals surface area contributed by atoms with Crippen LogP contribution in [0, 0.1) is 0 Å². The van der Waals surface area contributed by atoms with Crippen molar-refractivity contribution in [3.8, 4) is 0 Å². The van der Waals surface area contributed by atoms with E-state index < -0.39 is 11.7 Å². The molecular weight excluding hydrogens is 243 g/mol. The molecule has 0 unspecified atom stereocenters. The van der Waals surface area contributed by atoms with E-state index in [0.717, 1.165) is 31.7 Å². The monoisotopic (exact) mass is 261 g/mol. The Morgan fingerprint density at radius 1 is 1.17 bits per heavy atom. The SMILES string of the molecule is NCCCCCCNc1ncccc1C(F)(F)F. The number of halogens is 3. The standard InChI is InChI=1S/C12H18F3N3/c13-12(14,15)10-6-5-9-18-11(10)17-8-4-2-1-3-7-16/h5-6,9H,1-4,7-8,16H2,(H,17,18). The molecule has 0 bridgehead atoms. The lowest BCUT2D eigenvalue weighted by molar-refractivity contribution is -0.137. The summed E-state index contributed by atoms with van der Waals surface area (Å²) in [5, 5.41) is 2.73. The smallest absolute Gasteiger partial charge is 0.370 e. The van der Waals surface area contributed by atoms with Gasteiger partial charge in [-0.25, -0.2) is 4.98 Å². The number of nitrogens with two attached hydrogens (primary N) is 1. The van der Waals surface area contributed by atoms with Crippen molar-refractivity contribution in [3.05, 3.63) is 23.9 Å². The summed E-state index contributed by atoms with van der Waals surface area (Å²) in [6.45, 7) is 1.15. The average Bonchev–Trinajstić information content (AvgIpc) is 2.33. The van der Waals surface area contributed by atoms with Gasteiger partial charge in [0.15, 0.2) is 0 Å². The van der Waals surface area contributed by atoms with Gasteiger partial charge in [0.25, 0.3) is 0 Å². The summed E-state index contributed by atoms with van der Waals surface area (Å²) in [6.07, 6.45) is 0.721. The third kappa shape index (κ3) is 4.91. The predicted molar refractivity (Wildman–Crippen MR) is 65.3 cm³/mol. The molecule has 18 heavy (non-hydrogen) atoms. The highest BCUT2D eigenvalue weighted by atomic mass is 19.4. The molecule has 0 aliphatic rings. The van der Waals surface area contributed by atoms with Crippen LogP contribution in [0.4, 0.5) is 19.0 Å². The fraction of sp³-hybridized carbons (Fsp3) is 0.583. The zero-order chi connectivity index (χ0) is 13.4. The number of nitrogens with one attached hydrogen (secondary N) is 1. The van der Waals surface area contributed by atoms with E-state index in [1.165, 1.54) is 12.3 Å². The van der Waals surface area contributed by atoms with E-state index in [1.807, 2.05) is 0 Å². The summed E-state index contributed by atoms with van der Waals surface area (Å²) >= 11 is 0. The van der Waals surface area contributed by atoms with Crippen molar-refractivity contribution in [3.63, 3.8) is 0 Å². The molecule has 1 aromatic heterocycles. The number of hydrogen-bond donors (Lipinski definition) is 2. The Hall–Kier alpha value is -1.30. The second-order valence-electron chi connectivity index (χ2n) is 4.03. The van der Waals surface area contributed by atoms with E-state index in [2.05, 4.69) is 10.3 Å². The molecule has 1 heterocycles. The lowest BCUT2D eigenvalue weighted by Gasteiger charge is -2.12. The molecule has 1 aromatic rings. The van der Waals surface area contributed by atoms with Crippen LogP contribution in [0.3, 0.4) is 0 Å². The van der Waals surface area contributed by atoms with E-state index in [-0.39, 0.29) is 5.82 Å². The van der Waals surface area contributed by atoms with Crippen LogP contribution in [-0.2, 0) is 6.18 Å². The normalized spacial score (nSPS) is 11.6. The van der Waals surface area contributed by atoms with Crippen LogP contribution in [0.25, 0.3) is 0 Å². The maximum Gasteiger partial charge on any atom is 0.419 e. The van der Waals surface area contributed by atoms with Gasteiger partial charge in [0.1, 0.15) is 5.82 Å². The summed E-state index contributed by atoms with van der Waals surface area (Å²) in [7, 11) is 0. The molecule has 0 aromatic carbocycles. The molecular formula is C12H18F3N3. The van der Waals surface area contributed by atoms with Crippen molar-refractivity contribution in [2.45, 2.75) is 31.9 Å². The molecule has 0 aliphatic heterocycles. The maximum absolute atomic E-state index is 12.6. The van der Waals surface area contributed by atoms with Crippen LogP contribution >= 0.6 is 0 Å². The van der Waals surface area contributed by atoms with Gasteiger partial charge in [-0.2, -0.15) is 13.2 Å². The number of anilines is 1. The van der Waals surface area contributed by atoms with Gasteiger partial charge >= 0.3 is 6.18 Å². The second-order valence-corrected chi connectivity index (χ2v) is 4.03. The molecule has 0 saturated heterocycles. The summed E-state index contributed by atoms with van der Waals surface area (Å²) in [5.41, 5.74) is 4.64. The van der Waals surface area contributed by atoms with Crippen molar-refractivity contribution >= 4 is 5.82 Å². The topological polar surface area (TPSA) is 50.9 Å². The Morgan fingerprint density at radius 3 is 2.56 bits per heavy atom. The number of rotatable bonds is 7. The van der Waals surface area contributed by atoms with Crippen LogP contribution in [0.5, 0.6) is 0 Å². The summed E-state index contributed by atoms with van der Waals surface area (Å²) in [6, 6.07) is 2.32. The van der Waals surface area contributed by atoms with Crippen molar-refractivity contribution in [2.24, 2.45) is 5.73 Å². The first-order valence-electron chi connectivity index (χ1n) is 6.02. The van der Waals surface area contributed by atoms with E-state index in [9.17, 15) is 13.2 Å². The van der Waals surface area contributed by atoms with Crippen LogP contribution in [0.15, 0.2) is 18.3 Å². The van der Waals surface area contributed by atoms with Crippen LogP contribution < -0.4 is 11.1 Å². The number of pyridine rings is 1. The largest absolute Gasteiger partial charge is 0.419 e. The second kappa shape index (κ2) is 7.20. The number of aromatic nitrogens is 1. The van der Waals surface area contributed by atoms with Crippen molar-refractivity contribution in [2.75, 3.05) is 18.4 Å². The summed E-state index contributed by atoms with van der Waals surface area (Å²) in [5.74, 6) is -0.0937. The van der Waals surface area contributed by atoms with E-state index in [1.54, 1.807) is 0 Å². The van der Waals surface area contributed by atoms with Gasteiger partial charge in [-0.15, -0.1) is 0 Å². The number of hydrogen-bond acceptors (Lipinski definition) is 3. The first-order valence-corrected chi connectivity index (χ1v) is 6.02. The van der Waals surface area contributed by atoms with Crippen molar-refractivity contribution < 1.29 is 13.2 Å². The number of nitrogens with zero attached hydrogens (tertiary/aromatic N) is 1. The molecule has 6 heteroatoms. The minimum Gasteiger partial charge on any atom is -0.370 e. The zero-order valence-electron chi connectivity index (χ0n) is 10.1. The number of alkyl halides is 3. The average molecular weight is 261 g/mol. The zero-order valence-corrected chi connectivity index (χ0v) is 10.1. The third-order valence-electron chi connectivity index (χ3n) is 2.54. The Labute approximate surface area is 105 Å². The highest BCUT2D eigenvalue weighted by Crippen LogP contribution is 2.33. The lowest BCUT2D eigenvalue weighted by atomic mass is 10.2. The van der Waals surface area contributed by atoms with Crippen LogP contribution in [-0.4, -0.2) is 18.1 Å². The van der Waals surface area contributed by atoms with Gasteiger partial charge in [-0.3, -0.25) is 0 Å². The van der Waals surface area contributed by atoms with Gasteiger partial charge in [-0.05, 0) is 31.5 Å². The van der Waals surface area contributed by atoms with Gasteiger partial charge < -0.3 is 11.1 Å². The molecule has 3 N–H and O–H groups in total. The third-order valence-corrected chi connectivity index (χ3v) is 2.54. The fourth-order valence-electron chi connectivity index (χ4n) is 1.60. The Balaban J connectivity index is 2.43. The highest BCUT2D eigenvalue weighted by molar-refractivity contribution is 5.45. The van der Waals surface area contributed by atoms with Gasteiger partial charge in [0, 0.05) is 12.7 Å². The molecule has 0 amide bonds. The molecule has 0 aliphatic carbocycles. The van der Waals surface area contributed by atoms with E-state index in [4.69, 9.17) is 5.73 Å². The molecule has 0 radical (unpaired) electrons. The Kier molecular flexibility index (Phi) is 5.91. The minimum atomic E-state index is -4.36. The maximum atomic E-state index is 12.6. The predicted octanol–water partition coefficient (Wildman–Crippen LogP) is 3.03. The quantitative estimate of drug-likeness (QED) is 0.742. The van der Waals surface area contributed by atoms with Crippen molar-refractivity contribution in [1.82, 2.24) is 4.98 Å². The molecule has 0 saturated carbocycles. The summed E-state index contributed by atoms with van der Waals surface area (Å²) < 4.78 is 37.9. The first kappa shape index (κ1) is 14.8. The summed E-state index contributed by atoms with van der Waals surface area (Å²) in [4.78, 5) is 3.73. The van der Waals surface area contributed by atoms with Gasteiger partial charge in [-0.1, -0.05) is 12.8 Å². The molecule has 0 fully saturated rings. The Bertz CT molecular complexity index is 353. The highest BCUT2D eigenvalue weighted by Gasteiger charge is 2.33. The molecule has 102 valence electrons. The minimum absolute atomic E-state index is 0.0937. The Morgan fingerprint density at radius 2 is 1.89 bits per heavy atom. The lowest BCUT2D eigenvalue weighted by Crippen LogP contribution is -2.13. The molecule has 1 rings (SSSR count). The number of unbranched alkanes of at least 4 members (excludes halogenated alkanes) is 3. The van der Waals surface area contributed by atoms with Crippen LogP contribution in [0.2, 0.25) is 0 Å². The van der Waals surface area contributed by atoms with E-state index in [0.29, 0.717) is 13.1 Å². The first-order chi connectivity index (χ1) is 8.55. The van der Waals surface area contributed by atoms with Crippen LogP contribution in [0.1, 0.15) is 31.2 Å². The molecule has 0 spiro atoms. The van der Waals surface area contributed by atoms with Crippen molar-refractivity contribution in [1.29, 1.82) is 0 Å². The van der Waals surface area contributed by atoms with Gasteiger partial charge in [0.05, 0.1) is 5.56 Å². The molecule has 0 atom stereocenters.